The summed E-state index contributed by atoms with van der Waals surface area (Å²) in [7, 11) is -2.01. The van der Waals surface area contributed by atoms with Crippen LogP contribution in [0.1, 0.15) is 27.2 Å². The highest BCUT2D eigenvalue weighted by Gasteiger charge is 2.45. The van der Waals surface area contributed by atoms with Crippen molar-refractivity contribution in [3.8, 4) is 0 Å². The maximum absolute atomic E-state index is 3.85. The van der Waals surface area contributed by atoms with Crippen molar-refractivity contribution < 1.29 is 0 Å². The molecule has 114 valence electrons. The molecule has 0 radical (unpaired) electrons. The van der Waals surface area contributed by atoms with E-state index in [4.69, 9.17) is 0 Å². The SMILES string of the molecule is C=CC/C=C\[Si](c1ccccc1)(c1ccccc1)C(C)(C)C. The van der Waals surface area contributed by atoms with Crippen molar-refractivity contribution in [1.82, 2.24) is 0 Å². The van der Waals surface area contributed by atoms with E-state index in [0.29, 0.717) is 0 Å². The molecule has 0 saturated carbocycles. The zero-order valence-electron chi connectivity index (χ0n) is 13.9. The molecule has 0 fully saturated rings. The Balaban J connectivity index is 2.72. The van der Waals surface area contributed by atoms with E-state index in [-0.39, 0.29) is 5.04 Å². The van der Waals surface area contributed by atoms with Crippen LogP contribution in [0.3, 0.4) is 0 Å². The third-order valence-electron chi connectivity index (χ3n) is 4.31. The fraction of sp³-hybridized carbons (Fsp3) is 0.238. The lowest BCUT2D eigenvalue weighted by Gasteiger charge is -2.42. The van der Waals surface area contributed by atoms with Gasteiger partial charge >= 0.3 is 0 Å². The molecule has 0 atom stereocenters. The Kier molecular flexibility index (Phi) is 5.20. The summed E-state index contributed by atoms with van der Waals surface area (Å²) in [5.41, 5.74) is 2.50. The van der Waals surface area contributed by atoms with Gasteiger partial charge in [0.25, 0.3) is 0 Å². The highest BCUT2D eigenvalue weighted by atomic mass is 28.3. The Morgan fingerprint density at radius 3 is 1.68 bits per heavy atom. The summed E-state index contributed by atoms with van der Waals surface area (Å²) in [6.45, 7) is 11.0. The normalized spacial score (nSPS) is 12.5. The molecule has 0 aliphatic carbocycles. The molecule has 0 saturated heterocycles. The van der Waals surface area contributed by atoms with Gasteiger partial charge in [-0.25, -0.2) is 0 Å². The predicted molar refractivity (Wildman–Crippen MR) is 102 cm³/mol. The molecule has 0 amide bonds. The zero-order chi connectivity index (χ0) is 16.1. The monoisotopic (exact) mass is 306 g/mol. The first kappa shape index (κ1) is 16.5. The second-order valence-electron chi connectivity index (χ2n) is 6.72. The highest BCUT2D eigenvalue weighted by Crippen LogP contribution is 2.36. The van der Waals surface area contributed by atoms with Crippen LogP contribution in [-0.4, -0.2) is 8.07 Å². The van der Waals surface area contributed by atoms with Gasteiger partial charge in [0.2, 0.25) is 0 Å². The van der Waals surface area contributed by atoms with E-state index in [1.165, 1.54) is 10.4 Å². The largest absolute Gasteiger partial charge is 0.146 e. The molecule has 22 heavy (non-hydrogen) atoms. The van der Waals surface area contributed by atoms with Gasteiger partial charge in [0.05, 0.1) is 0 Å². The summed E-state index contributed by atoms with van der Waals surface area (Å²) < 4.78 is 0. The summed E-state index contributed by atoms with van der Waals surface area (Å²) in [4.78, 5) is 0. The van der Waals surface area contributed by atoms with Gasteiger partial charge in [0.15, 0.2) is 0 Å². The lowest BCUT2D eigenvalue weighted by atomic mass is 10.2. The van der Waals surface area contributed by atoms with Crippen LogP contribution in [0, 0.1) is 0 Å². The van der Waals surface area contributed by atoms with Crippen molar-refractivity contribution in [2.45, 2.75) is 32.2 Å². The molecule has 1 heteroatoms. The van der Waals surface area contributed by atoms with Crippen LogP contribution in [0.15, 0.2) is 85.1 Å². The van der Waals surface area contributed by atoms with Crippen molar-refractivity contribution in [2.75, 3.05) is 0 Å². The average molecular weight is 307 g/mol. The molecule has 0 unspecified atom stereocenters. The average Bonchev–Trinajstić information content (AvgIpc) is 2.52. The Hall–Kier alpha value is -1.86. The zero-order valence-corrected chi connectivity index (χ0v) is 14.9. The molecule has 2 aromatic rings. The van der Waals surface area contributed by atoms with Gasteiger partial charge in [-0.3, -0.25) is 0 Å². The van der Waals surface area contributed by atoms with Gasteiger partial charge in [-0.2, -0.15) is 0 Å². The van der Waals surface area contributed by atoms with Crippen LogP contribution >= 0.6 is 0 Å². The second kappa shape index (κ2) is 6.93. The van der Waals surface area contributed by atoms with Crippen molar-refractivity contribution in [3.05, 3.63) is 85.1 Å². The van der Waals surface area contributed by atoms with Crippen LogP contribution in [0.25, 0.3) is 0 Å². The summed E-state index contributed by atoms with van der Waals surface area (Å²) >= 11 is 0. The van der Waals surface area contributed by atoms with Crippen molar-refractivity contribution in [1.29, 1.82) is 0 Å². The van der Waals surface area contributed by atoms with Crippen molar-refractivity contribution >= 4 is 18.4 Å². The topological polar surface area (TPSA) is 0 Å². The Bertz CT molecular complexity index is 578. The van der Waals surface area contributed by atoms with Gasteiger partial charge in [-0.15, -0.1) is 6.58 Å². The predicted octanol–water partition coefficient (Wildman–Crippen LogP) is 4.72. The first-order valence-corrected chi connectivity index (χ1v) is 10.00. The van der Waals surface area contributed by atoms with Gasteiger partial charge in [0, 0.05) is 0 Å². The highest BCUT2D eigenvalue weighted by molar-refractivity contribution is 7.07. The number of hydrogen-bond acceptors (Lipinski definition) is 0. The van der Waals surface area contributed by atoms with Gasteiger partial charge in [-0.05, 0) is 21.8 Å². The molecular formula is C21H26Si. The standard InChI is InChI=1S/C21H26Si/c1-5-6-13-18-22(21(2,3)4,19-14-9-7-10-15-19)20-16-11-8-12-17-20/h5,7-18H,1,6H2,2-4H3/b18-13-. The second-order valence-corrected chi connectivity index (χ2v) is 11.3. The minimum Gasteiger partial charge on any atom is -0.103 e. The fourth-order valence-corrected chi connectivity index (χ4v) is 8.09. The Morgan fingerprint density at radius 2 is 1.32 bits per heavy atom. The quantitative estimate of drug-likeness (QED) is 0.554. The summed E-state index contributed by atoms with van der Waals surface area (Å²) in [5.74, 6) is 0. The minimum absolute atomic E-state index is 0.188. The van der Waals surface area contributed by atoms with Gasteiger partial charge in [-0.1, -0.05) is 99.3 Å². The van der Waals surface area contributed by atoms with Gasteiger partial charge in [0.1, 0.15) is 8.07 Å². The van der Waals surface area contributed by atoms with Crippen LogP contribution in [-0.2, 0) is 0 Å². The molecule has 0 aliphatic heterocycles. The van der Waals surface area contributed by atoms with Crippen molar-refractivity contribution in [3.63, 3.8) is 0 Å². The van der Waals surface area contributed by atoms with E-state index in [2.05, 4.69) is 99.8 Å². The lowest BCUT2D eigenvalue weighted by molar-refractivity contribution is 0.738. The molecule has 2 aromatic carbocycles. The molecule has 0 aliphatic rings. The van der Waals surface area contributed by atoms with E-state index in [9.17, 15) is 0 Å². The first-order valence-electron chi connectivity index (χ1n) is 7.92. The third kappa shape index (κ3) is 3.15. The van der Waals surface area contributed by atoms with Crippen molar-refractivity contribution in [2.24, 2.45) is 0 Å². The first-order chi connectivity index (χ1) is 10.5. The molecule has 0 spiro atoms. The minimum atomic E-state index is -2.01. The molecular weight excluding hydrogens is 280 g/mol. The van der Waals surface area contributed by atoms with E-state index >= 15 is 0 Å². The summed E-state index contributed by atoms with van der Waals surface area (Å²) in [6.07, 6.45) is 5.18. The fourth-order valence-electron chi connectivity index (χ4n) is 3.22. The van der Waals surface area contributed by atoms with E-state index in [1.807, 2.05) is 6.08 Å². The summed E-state index contributed by atoms with van der Waals surface area (Å²) in [5, 5.41) is 3.12. The van der Waals surface area contributed by atoms with Crippen LogP contribution < -0.4 is 10.4 Å². The van der Waals surface area contributed by atoms with Crippen LogP contribution in [0.2, 0.25) is 5.04 Å². The van der Waals surface area contributed by atoms with E-state index in [1.54, 1.807) is 0 Å². The number of hydrogen-bond donors (Lipinski definition) is 0. The molecule has 0 nitrogen and oxygen atoms in total. The number of allylic oxidation sites excluding steroid dienone is 2. The number of rotatable bonds is 5. The smallest absolute Gasteiger partial charge is 0.103 e. The van der Waals surface area contributed by atoms with E-state index in [0.717, 1.165) is 6.42 Å². The summed E-state index contributed by atoms with van der Waals surface area (Å²) in [6, 6.07) is 22.0. The van der Waals surface area contributed by atoms with Gasteiger partial charge < -0.3 is 0 Å². The van der Waals surface area contributed by atoms with Crippen LogP contribution in [0.4, 0.5) is 0 Å². The Morgan fingerprint density at radius 1 is 0.864 bits per heavy atom. The molecule has 0 N–H and O–H groups in total. The maximum atomic E-state index is 3.85. The van der Waals surface area contributed by atoms with E-state index < -0.39 is 8.07 Å². The third-order valence-corrected chi connectivity index (χ3v) is 9.90. The lowest BCUT2D eigenvalue weighted by Crippen LogP contribution is -2.63. The molecule has 0 aromatic heterocycles. The molecule has 2 rings (SSSR count). The Labute approximate surface area is 136 Å². The molecule has 0 heterocycles. The number of benzene rings is 2. The molecule has 0 bridgehead atoms. The van der Waals surface area contributed by atoms with Crippen LogP contribution in [0.5, 0.6) is 0 Å². The maximum Gasteiger partial charge on any atom is 0.146 e.